The minimum Gasteiger partial charge on any atom is -0.378 e. The molecule has 0 unspecified atom stereocenters. The number of benzene rings is 1. The Morgan fingerprint density at radius 3 is 3.00 bits per heavy atom. The second-order valence-corrected chi connectivity index (χ2v) is 5.32. The van der Waals surface area contributed by atoms with Crippen molar-refractivity contribution in [2.75, 3.05) is 11.1 Å². The molecule has 0 bridgehead atoms. The molecule has 1 amide bonds. The zero-order valence-corrected chi connectivity index (χ0v) is 11.3. The third-order valence-electron chi connectivity index (χ3n) is 2.20. The van der Waals surface area contributed by atoms with Gasteiger partial charge in [-0.15, -0.1) is 23.1 Å². The van der Waals surface area contributed by atoms with Gasteiger partial charge in [0.2, 0.25) is 5.91 Å². The summed E-state index contributed by atoms with van der Waals surface area (Å²) >= 11 is 3.01. The van der Waals surface area contributed by atoms with Crippen LogP contribution in [0.2, 0.25) is 0 Å². The highest BCUT2D eigenvalue weighted by molar-refractivity contribution is 8.00. The van der Waals surface area contributed by atoms with E-state index in [-0.39, 0.29) is 11.7 Å². The fourth-order valence-electron chi connectivity index (χ4n) is 1.40. The lowest BCUT2D eigenvalue weighted by atomic mass is 10.3. The number of hydrogen-bond donors (Lipinski definition) is 2. The number of rotatable bonds is 6. The first-order valence-corrected chi connectivity index (χ1v) is 7.29. The number of nitrogens with one attached hydrogen (secondary N) is 1. The lowest BCUT2D eigenvalue weighted by Gasteiger charge is -2.09. The molecular formula is C12H13N3OS2. The minimum absolute atomic E-state index is 0.287. The quantitative estimate of drug-likeness (QED) is 0.796. The predicted octanol–water partition coefficient (Wildman–Crippen LogP) is 2.33. The Hall–Kier alpha value is -1.53. The van der Waals surface area contributed by atoms with Crippen LogP contribution in [0.25, 0.3) is 0 Å². The highest BCUT2D eigenvalue weighted by Crippen LogP contribution is 2.27. The average molecular weight is 279 g/mol. The van der Waals surface area contributed by atoms with Crippen LogP contribution in [-0.4, -0.2) is 16.6 Å². The van der Waals surface area contributed by atoms with E-state index in [9.17, 15) is 4.79 Å². The van der Waals surface area contributed by atoms with E-state index in [1.165, 1.54) is 11.8 Å². The van der Waals surface area contributed by atoms with E-state index in [1.807, 2.05) is 35.2 Å². The summed E-state index contributed by atoms with van der Waals surface area (Å²) in [5, 5.41) is 5.32. The van der Waals surface area contributed by atoms with Crippen LogP contribution in [0.5, 0.6) is 0 Å². The van der Waals surface area contributed by atoms with E-state index in [0.717, 1.165) is 16.3 Å². The first kappa shape index (κ1) is 12.9. The van der Waals surface area contributed by atoms with Gasteiger partial charge >= 0.3 is 0 Å². The van der Waals surface area contributed by atoms with Gasteiger partial charge in [-0.3, -0.25) is 4.79 Å². The van der Waals surface area contributed by atoms with Crippen LogP contribution in [0.1, 0.15) is 5.69 Å². The molecule has 1 aromatic carbocycles. The molecule has 0 aliphatic carbocycles. The summed E-state index contributed by atoms with van der Waals surface area (Å²) in [6.07, 6.45) is 0. The molecule has 0 aliphatic heterocycles. The van der Waals surface area contributed by atoms with Crippen LogP contribution in [-0.2, 0) is 11.3 Å². The predicted molar refractivity (Wildman–Crippen MR) is 75.8 cm³/mol. The van der Waals surface area contributed by atoms with E-state index in [0.29, 0.717) is 6.54 Å². The van der Waals surface area contributed by atoms with Crippen molar-refractivity contribution in [1.29, 1.82) is 0 Å². The number of nitrogens with two attached hydrogens (primary N) is 1. The van der Waals surface area contributed by atoms with E-state index in [2.05, 4.69) is 10.3 Å². The van der Waals surface area contributed by atoms with Gasteiger partial charge in [-0.2, -0.15) is 0 Å². The molecule has 1 aromatic heterocycles. The molecule has 0 radical (unpaired) electrons. The molecule has 0 saturated heterocycles. The van der Waals surface area contributed by atoms with Gasteiger partial charge in [0.05, 0.1) is 23.5 Å². The van der Waals surface area contributed by atoms with Crippen LogP contribution < -0.4 is 11.1 Å². The Kier molecular flexibility index (Phi) is 4.60. The van der Waals surface area contributed by atoms with Crippen molar-refractivity contribution >= 4 is 34.7 Å². The molecule has 1 heterocycles. The summed E-state index contributed by atoms with van der Waals surface area (Å²) in [5.41, 5.74) is 8.97. The monoisotopic (exact) mass is 279 g/mol. The van der Waals surface area contributed by atoms with Crippen molar-refractivity contribution in [3.63, 3.8) is 0 Å². The van der Waals surface area contributed by atoms with Gasteiger partial charge in [-0.05, 0) is 12.1 Å². The molecule has 2 aromatic rings. The molecule has 94 valence electrons. The zero-order valence-electron chi connectivity index (χ0n) is 9.63. The Morgan fingerprint density at radius 2 is 2.28 bits per heavy atom. The van der Waals surface area contributed by atoms with Crippen molar-refractivity contribution in [3.05, 3.63) is 40.8 Å². The first-order valence-electron chi connectivity index (χ1n) is 5.37. The maximum Gasteiger partial charge on any atom is 0.227 e. The fourth-order valence-corrected chi connectivity index (χ4v) is 2.72. The lowest BCUT2D eigenvalue weighted by molar-refractivity contribution is -0.115. The topological polar surface area (TPSA) is 68.0 Å². The molecule has 3 N–H and O–H groups in total. The number of thioether (sulfide) groups is 1. The zero-order chi connectivity index (χ0) is 12.8. The number of aromatic nitrogens is 1. The summed E-state index contributed by atoms with van der Waals surface area (Å²) in [6, 6.07) is 7.85. The average Bonchev–Trinajstić information content (AvgIpc) is 2.88. The van der Waals surface area contributed by atoms with Crippen molar-refractivity contribution in [2.24, 2.45) is 5.73 Å². The molecule has 4 nitrogen and oxygen atoms in total. The standard InChI is InChI=1S/C12H13N3OS2/c13-12(16)7-18-11-4-2-1-3-10(11)14-5-9-6-17-8-15-9/h1-4,6,8,14H,5,7H2,(H2,13,16). The smallest absolute Gasteiger partial charge is 0.227 e. The number of carbonyl (C=O) groups excluding carboxylic acids is 1. The summed E-state index contributed by atoms with van der Waals surface area (Å²) < 4.78 is 0. The highest BCUT2D eigenvalue weighted by atomic mass is 32.2. The molecule has 0 atom stereocenters. The van der Waals surface area contributed by atoms with Crippen LogP contribution in [0, 0.1) is 0 Å². The first-order chi connectivity index (χ1) is 8.75. The molecule has 0 saturated carbocycles. The maximum absolute atomic E-state index is 10.8. The van der Waals surface area contributed by atoms with Gasteiger partial charge < -0.3 is 11.1 Å². The third kappa shape index (κ3) is 3.75. The normalized spacial score (nSPS) is 10.2. The summed E-state index contributed by atoms with van der Waals surface area (Å²) in [7, 11) is 0. The largest absolute Gasteiger partial charge is 0.378 e. The van der Waals surface area contributed by atoms with Gasteiger partial charge in [0.25, 0.3) is 0 Å². The number of hydrogen-bond acceptors (Lipinski definition) is 5. The number of anilines is 1. The van der Waals surface area contributed by atoms with Crippen molar-refractivity contribution < 1.29 is 4.79 Å². The van der Waals surface area contributed by atoms with Crippen LogP contribution in [0.4, 0.5) is 5.69 Å². The number of carbonyl (C=O) groups is 1. The SMILES string of the molecule is NC(=O)CSc1ccccc1NCc1cscn1. The molecule has 2 rings (SSSR count). The molecule has 6 heteroatoms. The van der Waals surface area contributed by atoms with Crippen LogP contribution >= 0.6 is 23.1 Å². The maximum atomic E-state index is 10.8. The summed E-state index contributed by atoms with van der Waals surface area (Å²) in [5.74, 6) is -0.0237. The van der Waals surface area contributed by atoms with Gasteiger partial charge in [0.1, 0.15) is 0 Å². The third-order valence-corrected chi connectivity index (χ3v) is 3.93. The molecule has 0 aliphatic rings. The van der Waals surface area contributed by atoms with Crippen molar-refractivity contribution in [3.8, 4) is 0 Å². The van der Waals surface area contributed by atoms with Gasteiger partial charge in [-0.25, -0.2) is 4.98 Å². The van der Waals surface area contributed by atoms with E-state index < -0.39 is 0 Å². The van der Waals surface area contributed by atoms with Gasteiger partial charge in [0.15, 0.2) is 0 Å². The Balaban J connectivity index is 2.00. The Labute approximate surface area is 114 Å². The second-order valence-electron chi connectivity index (χ2n) is 3.58. The lowest BCUT2D eigenvalue weighted by Crippen LogP contribution is -2.13. The summed E-state index contributed by atoms with van der Waals surface area (Å²) in [6.45, 7) is 0.678. The molecular weight excluding hydrogens is 266 g/mol. The number of amides is 1. The van der Waals surface area contributed by atoms with E-state index in [4.69, 9.17) is 5.73 Å². The highest BCUT2D eigenvalue weighted by Gasteiger charge is 2.04. The molecule has 18 heavy (non-hydrogen) atoms. The van der Waals surface area contributed by atoms with Crippen LogP contribution in [0.15, 0.2) is 40.1 Å². The van der Waals surface area contributed by atoms with Crippen LogP contribution in [0.3, 0.4) is 0 Å². The minimum atomic E-state index is -0.311. The number of thiazole rings is 1. The molecule has 0 fully saturated rings. The Bertz CT molecular complexity index is 514. The summed E-state index contributed by atoms with van der Waals surface area (Å²) in [4.78, 5) is 16.0. The molecule has 0 spiro atoms. The second kappa shape index (κ2) is 6.42. The Morgan fingerprint density at radius 1 is 1.44 bits per heavy atom. The van der Waals surface area contributed by atoms with Crippen molar-refractivity contribution in [2.45, 2.75) is 11.4 Å². The fraction of sp³-hybridized carbons (Fsp3) is 0.167. The number of primary amides is 1. The van der Waals surface area contributed by atoms with Gasteiger partial charge in [-0.1, -0.05) is 12.1 Å². The van der Waals surface area contributed by atoms with E-state index >= 15 is 0 Å². The number of nitrogens with zero attached hydrogens (tertiary/aromatic N) is 1. The van der Waals surface area contributed by atoms with E-state index in [1.54, 1.807) is 11.3 Å². The number of para-hydroxylation sites is 1. The van der Waals surface area contributed by atoms with Crippen molar-refractivity contribution in [1.82, 2.24) is 4.98 Å². The van der Waals surface area contributed by atoms with Gasteiger partial charge in [0, 0.05) is 16.0 Å².